The van der Waals surface area contributed by atoms with Gasteiger partial charge in [0.15, 0.2) is 0 Å². The molecule has 1 amide bonds. The Balaban J connectivity index is 1.56. The third-order valence-corrected chi connectivity index (χ3v) is 4.93. The van der Waals surface area contributed by atoms with Crippen LogP contribution in [0.4, 0.5) is 0 Å². The molecule has 1 aromatic heterocycles. The van der Waals surface area contributed by atoms with Gasteiger partial charge in [0.1, 0.15) is 5.82 Å². The normalized spacial score (nSPS) is 12.2. The Bertz CT molecular complexity index is 893. The van der Waals surface area contributed by atoms with Crippen molar-refractivity contribution in [1.82, 2.24) is 20.1 Å². The number of hydrogen-bond donors (Lipinski definition) is 1. The van der Waals surface area contributed by atoms with E-state index in [0.717, 1.165) is 11.1 Å². The number of nitrogens with zero attached hydrogens (tertiary/aromatic N) is 3. The number of hydrogen-bond acceptors (Lipinski definition) is 4. The molecular formula is C21H22N4OS. The Morgan fingerprint density at radius 1 is 1.11 bits per heavy atom. The minimum Gasteiger partial charge on any atom is -0.340 e. The third kappa shape index (κ3) is 5.56. The van der Waals surface area contributed by atoms with Crippen LogP contribution in [0.25, 0.3) is 12.2 Å². The molecule has 0 fully saturated rings. The van der Waals surface area contributed by atoms with Crippen molar-refractivity contribution in [2.45, 2.75) is 23.9 Å². The molecule has 0 aliphatic carbocycles. The minimum atomic E-state index is -0.263. The number of amides is 1. The van der Waals surface area contributed by atoms with Crippen molar-refractivity contribution < 1.29 is 4.79 Å². The minimum absolute atomic E-state index is 0.0510. The number of nitrogens with one attached hydrogen (secondary N) is 1. The summed E-state index contributed by atoms with van der Waals surface area (Å²) in [5.41, 5.74) is 2.20. The molecule has 3 rings (SSSR count). The van der Waals surface area contributed by atoms with Crippen molar-refractivity contribution in [2.75, 3.05) is 7.05 Å². The van der Waals surface area contributed by atoms with Gasteiger partial charge < -0.3 is 4.90 Å². The van der Waals surface area contributed by atoms with Gasteiger partial charge in [0.25, 0.3) is 0 Å². The molecule has 0 radical (unpaired) electrons. The van der Waals surface area contributed by atoms with Crippen LogP contribution in [0.3, 0.4) is 0 Å². The van der Waals surface area contributed by atoms with Gasteiger partial charge in [-0.15, -0.1) is 5.10 Å². The topological polar surface area (TPSA) is 61.9 Å². The van der Waals surface area contributed by atoms with Crippen LogP contribution in [-0.4, -0.2) is 38.3 Å². The smallest absolute Gasteiger partial charge is 0.235 e. The zero-order valence-electron chi connectivity index (χ0n) is 15.4. The molecule has 3 aromatic rings. The number of aromatic nitrogens is 3. The van der Waals surface area contributed by atoms with Gasteiger partial charge in [0, 0.05) is 13.6 Å². The van der Waals surface area contributed by atoms with Gasteiger partial charge in [-0.05, 0) is 24.1 Å². The van der Waals surface area contributed by atoms with E-state index < -0.39 is 0 Å². The fourth-order valence-corrected chi connectivity index (χ4v) is 3.43. The van der Waals surface area contributed by atoms with Crippen LogP contribution in [0.2, 0.25) is 0 Å². The molecule has 0 aliphatic heterocycles. The SMILES string of the molecule is CC(Sc1n[nH]c(/C=C/c2ccccc2)n1)C(=O)N(C)Cc1ccccc1. The largest absolute Gasteiger partial charge is 0.340 e. The predicted molar refractivity (Wildman–Crippen MR) is 110 cm³/mol. The first-order valence-electron chi connectivity index (χ1n) is 8.73. The molecule has 2 aromatic carbocycles. The standard InChI is InChI=1S/C21H22N4OS/c1-16(20(26)25(2)15-18-11-7-4-8-12-18)27-21-22-19(23-24-21)14-13-17-9-5-3-6-10-17/h3-14,16H,15H2,1-2H3,(H,22,23,24)/b14-13+. The first-order valence-corrected chi connectivity index (χ1v) is 9.61. The zero-order chi connectivity index (χ0) is 19.1. The molecule has 1 atom stereocenters. The Hall–Kier alpha value is -2.86. The van der Waals surface area contributed by atoms with Gasteiger partial charge >= 0.3 is 0 Å². The average molecular weight is 379 g/mol. The summed E-state index contributed by atoms with van der Waals surface area (Å²) in [6.45, 7) is 2.47. The van der Waals surface area contributed by atoms with Crippen LogP contribution in [0, 0.1) is 0 Å². The van der Waals surface area contributed by atoms with Gasteiger partial charge in [-0.2, -0.15) is 0 Å². The summed E-state index contributed by atoms with van der Waals surface area (Å²) in [6.07, 6.45) is 3.84. The molecule has 27 heavy (non-hydrogen) atoms. The van der Waals surface area contributed by atoms with Crippen molar-refractivity contribution in [2.24, 2.45) is 0 Å². The summed E-state index contributed by atoms with van der Waals surface area (Å²) in [5.74, 6) is 0.716. The summed E-state index contributed by atoms with van der Waals surface area (Å²) < 4.78 is 0. The van der Waals surface area contributed by atoms with Crippen molar-refractivity contribution in [3.05, 3.63) is 77.6 Å². The van der Waals surface area contributed by atoms with Crippen molar-refractivity contribution in [1.29, 1.82) is 0 Å². The maximum Gasteiger partial charge on any atom is 0.235 e. The molecule has 0 saturated carbocycles. The van der Waals surface area contributed by atoms with Crippen LogP contribution in [0.15, 0.2) is 65.8 Å². The Morgan fingerprint density at radius 3 is 2.48 bits per heavy atom. The van der Waals surface area contributed by atoms with Gasteiger partial charge in [0.05, 0.1) is 5.25 Å². The highest BCUT2D eigenvalue weighted by Crippen LogP contribution is 2.21. The Morgan fingerprint density at radius 2 is 1.78 bits per heavy atom. The molecule has 5 nitrogen and oxygen atoms in total. The van der Waals surface area contributed by atoms with E-state index in [9.17, 15) is 4.79 Å². The highest BCUT2D eigenvalue weighted by Gasteiger charge is 2.20. The quantitative estimate of drug-likeness (QED) is 0.629. The Labute approximate surface area is 163 Å². The molecule has 0 saturated heterocycles. The lowest BCUT2D eigenvalue weighted by molar-refractivity contribution is -0.129. The fraction of sp³-hybridized carbons (Fsp3) is 0.190. The van der Waals surface area contributed by atoms with E-state index in [1.165, 1.54) is 11.8 Å². The monoisotopic (exact) mass is 378 g/mol. The second-order valence-corrected chi connectivity index (χ2v) is 7.50. The van der Waals surface area contributed by atoms with Crippen molar-refractivity contribution in [3.63, 3.8) is 0 Å². The van der Waals surface area contributed by atoms with E-state index in [0.29, 0.717) is 17.5 Å². The summed E-state index contributed by atoms with van der Waals surface area (Å²) in [5, 5.41) is 7.40. The van der Waals surface area contributed by atoms with Crippen LogP contribution in [-0.2, 0) is 11.3 Å². The number of aromatic amines is 1. The molecule has 0 bridgehead atoms. The van der Waals surface area contributed by atoms with E-state index in [2.05, 4.69) is 15.2 Å². The molecule has 6 heteroatoms. The lowest BCUT2D eigenvalue weighted by atomic mass is 10.2. The molecule has 1 unspecified atom stereocenters. The van der Waals surface area contributed by atoms with Gasteiger partial charge in [-0.3, -0.25) is 9.89 Å². The summed E-state index contributed by atoms with van der Waals surface area (Å²) in [7, 11) is 1.82. The van der Waals surface area contributed by atoms with Crippen LogP contribution in [0.1, 0.15) is 23.9 Å². The van der Waals surface area contributed by atoms with E-state index >= 15 is 0 Å². The zero-order valence-corrected chi connectivity index (χ0v) is 16.2. The highest BCUT2D eigenvalue weighted by molar-refractivity contribution is 8.00. The fourth-order valence-electron chi connectivity index (χ4n) is 2.58. The van der Waals surface area contributed by atoms with Crippen LogP contribution >= 0.6 is 11.8 Å². The molecule has 1 heterocycles. The van der Waals surface area contributed by atoms with Crippen molar-refractivity contribution >= 4 is 29.8 Å². The van der Waals surface area contributed by atoms with Crippen LogP contribution in [0.5, 0.6) is 0 Å². The van der Waals surface area contributed by atoms with E-state index in [4.69, 9.17) is 0 Å². The second-order valence-electron chi connectivity index (χ2n) is 6.19. The lowest BCUT2D eigenvalue weighted by Crippen LogP contribution is -2.32. The number of rotatable bonds is 7. The molecular weight excluding hydrogens is 356 g/mol. The molecule has 1 N–H and O–H groups in total. The Kier molecular flexibility index (Phi) is 6.44. The van der Waals surface area contributed by atoms with Gasteiger partial charge in [-0.25, -0.2) is 4.98 Å². The van der Waals surface area contributed by atoms with E-state index in [1.54, 1.807) is 4.90 Å². The highest BCUT2D eigenvalue weighted by atomic mass is 32.2. The summed E-state index contributed by atoms with van der Waals surface area (Å²) >= 11 is 1.35. The maximum atomic E-state index is 12.6. The van der Waals surface area contributed by atoms with Crippen molar-refractivity contribution in [3.8, 4) is 0 Å². The molecule has 0 spiro atoms. The maximum absolute atomic E-state index is 12.6. The summed E-state index contributed by atoms with van der Waals surface area (Å²) in [4.78, 5) is 18.8. The third-order valence-electron chi connectivity index (χ3n) is 3.98. The average Bonchev–Trinajstić information content (AvgIpc) is 3.14. The number of H-pyrrole nitrogens is 1. The first-order chi connectivity index (χ1) is 13.1. The first kappa shape index (κ1) is 18.9. The molecule has 0 aliphatic rings. The second kappa shape index (κ2) is 9.19. The number of thioether (sulfide) groups is 1. The predicted octanol–water partition coefficient (Wildman–Crippen LogP) is 4.11. The number of benzene rings is 2. The van der Waals surface area contributed by atoms with Gasteiger partial charge in [-0.1, -0.05) is 78.5 Å². The lowest BCUT2D eigenvalue weighted by Gasteiger charge is -2.20. The number of carbonyl (C=O) groups is 1. The van der Waals surface area contributed by atoms with Crippen LogP contribution < -0.4 is 0 Å². The van der Waals surface area contributed by atoms with Gasteiger partial charge in [0.2, 0.25) is 11.1 Å². The van der Waals surface area contributed by atoms with E-state index in [-0.39, 0.29) is 11.2 Å². The number of carbonyl (C=O) groups excluding carboxylic acids is 1. The molecule has 138 valence electrons. The van der Waals surface area contributed by atoms with E-state index in [1.807, 2.05) is 86.8 Å². The summed E-state index contributed by atoms with van der Waals surface area (Å²) in [6, 6.07) is 19.9.